The molecule has 0 fully saturated rings. The molecular weight excluding hydrogens is 420 g/mol. The van der Waals surface area contributed by atoms with Crippen LogP contribution in [0.15, 0.2) is 46.9 Å². The fourth-order valence-corrected chi connectivity index (χ4v) is 3.93. The molecule has 28 heavy (non-hydrogen) atoms. The zero-order valence-corrected chi connectivity index (χ0v) is 17.3. The molecule has 0 unspecified atom stereocenters. The molecule has 0 aliphatic carbocycles. The predicted molar refractivity (Wildman–Crippen MR) is 110 cm³/mol. The molecule has 0 atom stereocenters. The van der Waals surface area contributed by atoms with Gasteiger partial charge >= 0.3 is 0 Å². The molecule has 2 heterocycles. The van der Waals surface area contributed by atoms with Crippen LogP contribution in [0.25, 0.3) is 0 Å². The first-order chi connectivity index (χ1) is 13.5. The van der Waals surface area contributed by atoms with Crippen LogP contribution < -0.4 is 5.32 Å². The highest BCUT2D eigenvalue weighted by Crippen LogP contribution is 2.20. The van der Waals surface area contributed by atoms with Crippen molar-refractivity contribution < 1.29 is 9.59 Å². The van der Waals surface area contributed by atoms with E-state index in [4.69, 9.17) is 11.6 Å². The number of hydrogen-bond acceptors (Lipinski definition) is 7. The molecule has 2 aromatic heterocycles. The number of hydrogen-bond donors (Lipinski definition) is 1. The number of nitrogens with one attached hydrogen (secondary N) is 1. The van der Waals surface area contributed by atoms with E-state index in [1.807, 2.05) is 17.5 Å². The first-order valence-electron chi connectivity index (χ1n) is 8.22. The number of likely N-dealkylation sites (N-methyl/N-ethyl adjacent to an activating group) is 1. The molecule has 2 amide bonds. The van der Waals surface area contributed by atoms with Gasteiger partial charge in [-0.15, -0.1) is 16.4 Å². The standard InChI is InChI=1S/C17H17ClN6O2S2/c1-23(10-15(25)19-14-7-3-2-6-13(14)18)16(26)11-28-17-20-21-22-24(17)9-12-5-4-8-27-12/h2-8H,9-11H2,1H3,(H,19,25). The van der Waals surface area contributed by atoms with E-state index >= 15 is 0 Å². The van der Waals surface area contributed by atoms with Gasteiger partial charge in [0.1, 0.15) is 0 Å². The lowest BCUT2D eigenvalue weighted by Gasteiger charge is -2.16. The number of benzene rings is 1. The molecule has 0 radical (unpaired) electrons. The normalized spacial score (nSPS) is 10.6. The largest absolute Gasteiger partial charge is 0.336 e. The topological polar surface area (TPSA) is 93.0 Å². The second kappa shape index (κ2) is 9.67. The van der Waals surface area contributed by atoms with Crippen LogP contribution in [-0.2, 0) is 16.1 Å². The van der Waals surface area contributed by atoms with E-state index in [0.717, 1.165) is 4.88 Å². The number of para-hydroxylation sites is 1. The van der Waals surface area contributed by atoms with Crippen LogP contribution >= 0.6 is 34.7 Å². The minimum absolute atomic E-state index is 0.0786. The van der Waals surface area contributed by atoms with Gasteiger partial charge in [0.2, 0.25) is 17.0 Å². The smallest absolute Gasteiger partial charge is 0.244 e. The molecule has 0 saturated heterocycles. The number of carbonyl (C=O) groups excluding carboxylic acids is 2. The summed E-state index contributed by atoms with van der Waals surface area (Å²) in [6.45, 7) is 0.474. The van der Waals surface area contributed by atoms with Gasteiger partial charge in [-0.1, -0.05) is 41.6 Å². The number of tetrazole rings is 1. The van der Waals surface area contributed by atoms with E-state index < -0.39 is 0 Å². The number of thiophene rings is 1. The Balaban J connectivity index is 1.49. The first kappa shape index (κ1) is 20.3. The van der Waals surface area contributed by atoms with E-state index in [0.29, 0.717) is 22.4 Å². The van der Waals surface area contributed by atoms with E-state index in [1.54, 1.807) is 47.3 Å². The third-order valence-corrected chi connectivity index (χ3v) is 5.80. The Morgan fingerprint density at radius 2 is 2.11 bits per heavy atom. The average molecular weight is 437 g/mol. The summed E-state index contributed by atoms with van der Waals surface area (Å²) >= 11 is 8.87. The van der Waals surface area contributed by atoms with Crippen LogP contribution in [0, 0.1) is 0 Å². The quantitative estimate of drug-likeness (QED) is 0.545. The molecule has 11 heteroatoms. The molecular formula is C17H17ClN6O2S2. The minimum Gasteiger partial charge on any atom is -0.336 e. The van der Waals surface area contributed by atoms with Gasteiger partial charge in [-0.05, 0) is 34.0 Å². The fraction of sp³-hybridized carbons (Fsp3) is 0.235. The molecule has 3 rings (SSSR count). The summed E-state index contributed by atoms with van der Waals surface area (Å²) in [5.41, 5.74) is 0.511. The van der Waals surface area contributed by atoms with E-state index in [2.05, 4.69) is 20.8 Å². The number of halogens is 1. The van der Waals surface area contributed by atoms with Gasteiger partial charge in [0.15, 0.2) is 0 Å². The Bertz CT molecular complexity index is 947. The molecule has 1 N–H and O–H groups in total. The van der Waals surface area contributed by atoms with Crippen molar-refractivity contribution in [1.29, 1.82) is 0 Å². The Morgan fingerprint density at radius 3 is 2.86 bits per heavy atom. The number of rotatable bonds is 8. The highest BCUT2D eigenvalue weighted by molar-refractivity contribution is 7.99. The first-order valence-corrected chi connectivity index (χ1v) is 10.5. The van der Waals surface area contributed by atoms with Crippen molar-refractivity contribution in [1.82, 2.24) is 25.1 Å². The SMILES string of the molecule is CN(CC(=O)Nc1ccccc1Cl)C(=O)CSc1nnnn1Cc1cccs1. The third-order valence-electron chi connectivity index (χ3n) is 3.66. The van der Waals surface area contributed by atoms with Crippen molar-refractivity contribution in [3.05, 3.63) is 51.7 Å². The van der Waals surface area contributed by atoms with Crippen molar-refractivity contribution in [2.24, 2.45) is 0 Å². The minimum atomic E-state index is -0.323. The maximum atomic E-state index is 12.3. The van der Waals surface area contributed by atoms with Crippen LogP contribution in [0.1, 0.15) is 4.88 Å². The maximum Gasteiger partial charge on any atom is 0.244 e. The summed E-state index contributed by atoms with van der Waals surface area (Å²) in [6, 6.07) is 10.9. The van der Waals surface area contributed by atoms with E-state index in [1.165, 1.54) is 16.7 Å². The molecule has 3 aromatic rings. The molecule has 0 bridgehead atoms. The third kappa shape index (κ3) is 5.54. The number of anilines is 1. The van der Waals surface area contributed by atoms with E-state index in [-0.39, 0.29) is 24.1 Å². The fourth-order valence-electron chi connectivity index (χ4n) is 2.24. The highest BCUT2D eigenvalue weighted by Gasteiger charge is 2.16. The molecule has 0 saturated carbocycles. The Morgan fingerprint density at radius 1 is 1.29 bits per heavy atom. The number of amides is 2. The van der Waals surface area contributed by atoms with Crippen LogP contribution in [0.4, 0.5) is 5.69 Å². The summed E-state index contributed by atoms with van der Waals surface area (Å²) in [6.07, 6.45) is 0. The monoisotopic (exact) mass is 436 g/mol. The maximum absolute atomic E-state index is 12.3. The van der Waals surface area contributed by atoms with Crippen molar-refractivity contribution in [3.8, 4) is 0 Å². The summed E-state index contributed by atoms with van der Waals surface area (Å²) in [5, 5.41) is 17.3. The number of aromatic nitrogens is 4. The van der Waals surface area contributed by atoms with Crippen molar-refractivity contribution in [2.75, 3.05) is 24.7 Å². The van der Waals surface area contributed by atoms with Crippen molar-refractivity contribution in [3.63, 3.8) is 0 Å². The molecule has 0 aliphatic heterocycles. The van der Waals surface area contributed by atoms with Gasteiger partial charge < -0.3 is 10.2 Å². The summed E-state index contributed by atoms with van der Waals surface area (Å²) in [7, 11) is 1.57. The average Bonchev–Trinajstić information content (AvgIpc) is 3.34. The van der Waals surface area contributed by atoms with Gasteiger partial charge in [0, 0.05) is 11.9 Å². The lowest BCUT2D eigenvalue weighted by Crippen LogP contribution is -2.36. The van der Waals surface area contributed by atoms with Crippen LogP contribution in [0.2, 0.25) is 5.02 Å². The lowest BCUT2D eigenvalue weighted by molar-refractivity contribution is -0.131. The lowest BCUT2D eigenvalue weighted by atomic mass is 10.3. The zero-order valence-electron chi connectivity index (χ0n) is 14.9. The summed E-state index contributed by atoms with van der Waals surface area (Å²) in [4.78, 5) is 27.0. The van der Waals surface area contributed by atoms with Gasteiger partial charge in [-0.3, -0.25) is 9.59 Å². The number of nitrogens with zero attached hydrogens (tertiary/aromatic N) is 5. The summed E-state index contributed by atoms with van der Waals surface area (Å²) in [5.74, 6) is -0.401. The zero-order chi connectivity index (χ0) is 19.9. The molecule has 0 spiro atoms. The number of thioether (sulfide) groups is 1. The van der Waals surface area contributed by atoms with Crippen LogP contribution in [-0.4, -0.2) is 56.3 Å². The molecule has 1 aromatic carbocycles. The van der Waals surface area contributed by atoms with Crippen LogP contribution in [0.5, 0.6) is 0 Å². The van der Waals surface area contributed by atoms with Gasteiger partial charge in [-0.2, -0.15) is 0 Å². The second-order valence-electron chi connectivity index (χ2n) is 5.76. The molecule has 146 valence electrons. The van der Waals surface area contributed by atoms with Crippen LogP contribution in [0.3, 0.4) is 0 Å². The van der Waals surface area contributed by atoms with Gasteiger partial charge in [-0.25, -0.2) is 4.68 Å². The number of carbonyl (C=O) groups is 2. The Kier molecular flexibility index (Phi) is 7.01. The van der Waals surface area contributed by atoms with Crippen molar-refractivity contribution in [2.45, 2.75) is 11.7 Å². The van der Waals surface area contributed by atoms with E-state index in [9.17, 15) is 9.59 Å². The Labute approximate surface area is 174 Å². The summed E-state index contributed by atoms with van der Waals surface area (Å²) < 4.78 is 1.65. The second-order valence-corrected chi connectivity index (χ2v) is 8.15. The Hall–Kier alpha value is -2.43. The predicted octanol–water partition coefficient (Wildman–Crippen LogP) is 2.63. The molecule has 0 aliphatic rings. The van der Waals surface area contributed by atoms with Gasteiger partial charge in [0.25, 0.3) is 0 Å². The van der Waals surface area contributed by atoms with Crippen molar-refractivity contribution >= 4 is 52.2 Å². The van der Waals surface area contributed by atoms with Gasteiger partial charge in [0.05, 0.1) is 29.6 Å². The highest BCUT2D eigenvalue weighted by atomic mass is 35.5. The molecule has 8 nitrogen and oxygen atoms in total.